The minimum Gasteiger partial charge on any atom is -0.504 e. The SMILES string of the molecule is CN=C(SCc1ccc(Cl)cc1)/C(C(=O)c1ccco1)=C(/O)c1ccco1. The zero-order valence-corrected chi connectivity index (χ0v) is 16.0. The van der Waals surface area contributed by atoms with Gasteiger partial charge in [-0.1, -0.05) is 23.7 Å². The van der Waals surface area contributed by atoms with Gasteiger partial charge >= 0.3 is 0 Å². The van der Waals surface area contributed by atoms with Crippen LogP contribution in [0.4, 0.5) is 0 Å². The van der Waals surface area contributed by atoms with Gasteiger partial charge in [0, 0.05) is 17.8 Å². The topological polar surface area (TPSA) is 75.9 Å². The summed E-state index contributed by atoms with van der Waals surface area (Å²) in [5, 5.41) is 11.7. The van der Waals surface area contributed by atoms with Gasteiger partial charge in [-0.05, 0) is 42.0 Å². The summed E-state index contributed by atoms with van der Waals surface area (Å²) in [6.07, 6.45) is 2.82. The molecule has 1 aromatic carbocycles. The lowest BCUT2D eigenvalue weighted by Gasteiger charge is -2.11. The number of aliphatic hydroxyl groups is 1. The Labute approximate surface area is 165 Å². The number of benzene rings is 1. The van der Waals surface area contributed by atoms with E-state index in [1.54, 1.807) is 37.4 Å². The Hall–Kier alpha value is -2.70. The molecule has 0 aliphatic carbocycles. The Morgan fingerprint density at radius 1 is 1.07 bits per heavy atom. The summed E-state index contributed by atoms with van der Waals surface area (Å²) in [6.45, 7) is 0. The summed E-state index contributed by atoms with van der Waals surface area (Å²) >= 11 is 7.24. The average molecular weight is 402 g/mol. The quantitative estimate of drug-likeness (QED) is 0.190. The Bertz CT molecular complexity index is 958. The molecule has 0 bridgehead atoms. The van der Waals surface area contributed by atoms with Crippen molar-refractivity contribution in [2.24, 2.45) is 4.99 Å². The third-order valence-electron chi connectivity index (χ3n) is 3.67. The van der Waals surface area contributed by atoms with E-state index in [9.17, 15) is 9.90 Å². The van der Waals surface area contributed by atoms with E-state index < -0.39 is 5.78 Å². The number of hydrogen-bond donors (Lipinski definition) is 1. The number of thioether (sulfide) groups is 1. The second-order valence-electron chi connectivity index (χ2n) is 5.45. The smallest absolute Gasteiger partial charge is 0.234 e. The molecule has 0 fully saturated rings. The predicted molar refractivity (Wildman–Crippen MR) is 107 cm³/mol. The van der Waals surface area contributed by atoms with Gasteiger partial charge < -0.3 is 13.9 Å². The second-order valence-corrected chi connectivity index (χ2v) is 6.85. The standard InChI is InChI=1S/C20H16ClNO4S/c1-22-20(27-12-13-6-8-14(21)9-7-13)17(18(23)15-4-2-10-25-15)19(24)16-5-3-11-26-16/h2-11,23H,12H2,1H3/b18-17+,22-20?. The molecule has 7 heteroatoms. The number of hydrogen-bond acceptors (Lipinski definition) is 6. The molecule has 3 rings (SSSR count). The molecule has 2 aromatic heterocycles. The van der Waals surface area contributed by atoms with Crippen LogP contribution in [0.2, 0.25) is 5.02 Å². The molecule has 0 saturated carbocycles. The van der Waals surface area contributed by atoms with Gasteiger partial charge in [-0.2, -0.15) is 0 Å². The molecular weight excluding hydrogens is 386 g/mol. The molecule has 0 amide bonds. The summed E-state index contributed by atoms with van der Waals surface area (Å²) in [5.41, 5.74) is 1.04. The monoisotopic (exact) mass is 401 g/mol. The Kier molecular flexibility index (Phi) is 6.21. The Balaban J connectivity index is 1.94. The fraction of sp³-hybridized carbons (Fsp3) is 0.100. The third kappa shape index (κ3) is 4.53. The summed E-state index contributed by atoms with van der Waals surface area (Å²) < 4.78 is 10.5. The van der Waals surface area contributed by atoms with Crippen molar-refractivity contribution in [3.8, 4) is 0 Å². The predicted octanol–water partition coefficient (Wildman–Crippen LogP) is 5.64. The van der Waals surface area contributed by atoms with Crippen molar-refractivity contribution in [1.82, 2.24) is 0 Å². The fourth-order valence-corrected chi connectivity index (χ4v) is 3.44. The summed E-state index contributed by atoms with van der Waals surface area (Å²) in [4.78, 5) is 17.1. The van der Waals surface area contributed by atoms with E-state index in [4.69, 9.17) is 20.4 Å². The number of carbonyl (C=O) groups excluding carboxylic acids is 1. The first kappa shape index (κ1) is 19.1. The molecular formula is C20H16ClNO4S. The van der Waals surface area contributed by atoms with Gasteiger partial charge in [0.2, 0.25) is 5.78 Å². The van der Waals surface area contributed by atoms with Gasteiger partial charge in [0.15, 0.2) is 17.3 Å². The first-order valence-corrected chi connectivity index (χ1v) is 9.36. The Morgan fingerprint density at radius 2 is 1.70 bits per heavy atom. The molecule has 3 aromatic rings. The van der Waals surface area contributed by atoms with E-state index in [-0.39, 0.29) is 22.9 Å². The number of carbonyl (C=O) groups is 1. The highest BCUT2D eigenvalue weighted by Gasteiger charge is 2.26. The summed E-state index contributed by atoms with van der Waals surface area (Å²) in [6, 6.07) is 13.7. The van der Waals surface area contributed by atoms with E-state index in [0.29, 0.717) is 15.8 Å². The van der Waals surface area contributed by atoms with Crippen molar-refractivity contribution in [3.63, 3.8) is 0 Å². The number of furan rings is 2. The lowest BCUT2D eigenvalue weighted by molar-refractivity contribution is 0.101. The number of halogens is 1. The van der Waals surface area contributed by atoms with E-state index >= 15 is 0 Å². The van der Waals surface area contributed by atoms with Crippen LogP contribution in [0.5, 0.6) is 0 Å². The molecule has 0 spiro atoms. The number of rotatable bonds is 6. The van der Waals surface area contributed by atoms with Crippen LogP contribution < -0.4 is 0 Å². The molecule has 0 aliphatic heterocycles. The lowest BCUT2D eigenvalue weighted by Crippen LogP contribution is -2.13. The van der Waals surface area contributed by atoms with Crippen LogP contribution in [-0.4, -0.2) is 23.0 Å². The van der Waals surface area contributed by atoms with Crippen molar-refractivity contribution < 1.29 is 18.7 Å². The van der Waals surface area contributed by atoms with Crippen molar-refractivity contribution >= 4 is 39.9 Å². The average Bonchev–Trinajstić information content (AvgIpc) is 3.39. The van der Waals surface area contributed by atoms with E-state index in [0.717, 1.165) is 5.56 Å². The van der Waals surface area contributed by atoms with Crippen LogP contribution >= 0.6 is 23.4 Å². The van der Waals surface area contributed by atoms with Crippen molar-refractivity contribution in [2.45, 2.75) is 5.75 Å². The zero-order chi connectivity index (χ0) is 19.2. The van der Waals surface area contributed by atoms with Crippen molar-refractivity contribution in [1.29, 1.82) is 0 Å². The number of aliphatic imine (C=N–C) groups is 1. The summed E-state index contributed by atoms with van der Waals surface area (Å²) in [7, 11) is 1.56. The number of aliphatic hydroxyl groups excluding tert-OH is 1. The summed E-state index contributed by atoms with van der Waals surface area (Å²) in [5.74, 6) is 0.0720. The van der Waals surface area contributed by atoms with Crippen LogP contribution in [0.3, 0.4) is 0 Å². The third-order valence-corrected chi connectivity index (χ3v) is 5.06. The van der Waals surface area contributed by atoms with Gasteiger partial charge in [0.05, 0.1) is 12.5 Å². The molecule has 138 valence electrons. The molecule has 27 heavy (non-hydrogen) atoms. The molecule has 0 saturated heterocycles. The maximum Gasteiger partial charge on any atom is 0.234 e. The van der Waals surface area contributed by atoms with Crippen molar-refractivity contribution in [2.75, 3.05) is 7.05 Å². The van der Waals surface area contributed by atoms with Gasteiger partial charge in [0.1, 0.15) is 10.6 Å². The largest absolute Gasteiger partial charge is 0.504 e. The first-order chi connectivity index (χ1) is 13.1. The molecule has 2 heterocycles. The maximum absolute atomic E-state index is 12.9. The van der Waals surface area contributed by atoms with E-state index in [1.165, 1.54) is 30.4 Å². The van der Waals surface area contributed by atoms with E-state index in [1.807, 2.05) is 12.1 Å². The highest BCUT2D eigenvalue weighted by Crippen LogP contribution is 2.28. The number of ketones is 1. The molecule has 0 aliphatic rings. The van der Waals surface area contributed by atoms with Crippen LogP contribution in [0, 0.1) is 0 Å². The maximum atomic E-state index is 12.9. The number of nitrogens with zero attached hydrogens (tertiary/aromatic N) is 1. The second kappa shape index (κ2) is 8.79. The van der Waals surface area contributed by atoms with Gasteiger partial charge in [0.25, 0.3) is 0 Å². The highest BCUT2D eigenvalue weighted by atomic mass is 35.5. The molecule has 1 N–H and O–H groups in total. The van der Waals surface area contributed by atoms with Gasteiger partial charge in [-0.3, -0.25) is 9.79 Å². The van der Waals surface area contributed by atoms with Crippen LogP contribution in [0.15, 0.2) is 80.5 Å². The van der Waals surface area contributed by atoms with Crippen LogP contribution in [-0.2, 0) is 5.75 Å². The van der Waals surface area contributed by atoms with E-state index in [2.05, 4.69) is 4.99 Å². The first-order valence-electron chi connectivity index (χ1n) is 8.00. The normalized spacial score (nSPS) is 12.7. The van der Waals surface area contributed by atoms with Crippen molar-refractivity contribution in [3.05, 3.63) is 88.7 Å². The van der Waals surface area contributed by atoms with Crippen LogP contribution in [0.1, 0.15) is 21.9 Å². The molecule has 5 nitrogen and oxygen atoms in total. The highest BCUT2D eigenvalue weighted by molar-refractivity contribution is 8.13. The Morgan fingerprint density at radius 3 is 2.26 bits per heavy atom. The van der Waals surface area contributed by atoms with Crippen LogP contribution in [0.25, 0.3) is 5.76 Å². The lowest BCUT2D eigenvalue weighted by atomic mass is 10.1. The fourth-order valence-electron chi connectivity index (χ4n) is 2.35. The minimum atomic E-state index is -0.474. The zero-order valence-electron chi connectivity index (χ0n) is 14.4. The minimum absolute atomic E-state index is 0.0290. The molecule has 0 unspecified atom stereocenters. The molecule has 0 radical (unpaired) electrons. The van der Waals surface area contributed by atoms with Gasteiger partial charge in [-0.25, -0.2) is 0 Å². The molecule has 0 atom stereocenters. The number of Topliss-reactive ketones (excluding diaryl/α,β-unsaturated/α-hetero) is 1. The van der Waals surface area contributed by atoms with Gasteiger partial charge in [-0.15, -0.1) is 11.8 Å².